The molecule has 0 heterocycles. The summed E-state index contributed by atoms with van der Waals surface area (Å²) in [6, 6.07) is 22.4. The number of amides is 1. The van der Waals surface area contributed by atoms with Crippen molar-refractivity contribution in [3.63, 3.8) is 0 Å². The number of rotatable bonds is 5. The molecule has 0 saturated carbocycles. The van der Waals surface area contributed by atoms with E-state index in [0.29, 0.717) is 0 Å². The highest BCUT2D eigenvalue weighted by Gasteiger charge is 2.15. The minimum atomic E-state index is -0.172. The SMILES string of the molecule is CC(Sc1ccc2ccccc2c1)C(=O)Nc1ccc(N(C)C)cc1. The van der Waals surface area contributed by atoms with Gasteiger partial charge in [-0.05, 0) is 54.1 Å². The third-order valence-electron chi connectivity index (χ3n) is 4.05. The van der Waals surface area contributed by atoms with Crippen molar-refractivity contribution in [1.29, 1.82) is 0 Å². The molecule has 0 saturated heterocycles. The lowest BCUT2D eigenvalue weighted by Crippen LogP contribution is -2.22. The standard InChI is InChI=1S/C21H22N2OS/c1-15(21(24)22-18-9-11-19(12-10-18)23(2)3)25-20-13-8-16-6-4-5-7-17(16)14-20/h4-15H,1-3H3,(H,22,24). The molecule has 0 radical (unpaired) electrons. The van der Waals surface area contributed by atoms with Crippen LogP contribution in [0.15, 0.2) is 71.6 Å². The number of hydrogen-bond acceptors (Lipinski definition) is 3. The van der Waals surface area contributed by atoms with Crippen LogP contribution in [0.5, 0.6) is 0 Å². The topological polar surface area (TPSA) is 32.3 Å². The Bertz CT molecular complexity index is 874. The zero-order chi connectivity index (χ0) is 17.8. The molecule has 0 fully saturated rings. The predicted molar refractivity (Wildman–Crippen MR) is 109 cm³/mol. The molecule has 1 N–H and O–H groups in total. The van der Waals surface area contributed by atoms with Gasteiger partial charge in [-0.1, -0.05) is 30.3 Å². The van der Waals surface area contributed by atoms with Crippen LogP contribution < -0.4 is 10.2 Å². The Morgan fingerprint density at radius 3 is 2.32 bits per heavy atom. The van der Waals surface area contributed by atoms with Gasteiger partial charge >= 0.3 is 0 Å². The summed E-state index contributed by atoms with van der Waals surface area (Å²) in [4.78, 5) is 15.6. The van der Waals surface area contributed by atoms with Crippen molar-refractivity contribution in [3.05, 3.63) is 66.7 Å². The summed E-state index contributed by atoms with van der Waals surface area (Å²) in [5.74, 6) is 0.00996. The third-order valence-corrected chi connectivity index (χ3v) is 5.15. The van der Waals surface area contributed by atoms with Crippen molar-refractivity contribution < 1.29 is 4.79 Å². The number of carbonyl (C=O) groups is 1. The fourth-order valence-electron chi connectivity index (χ4n) is 2.59. The van der Waals surface area contributed by atoms with E-state index in [9.17, 15) is 4.79 Å². The van der Waals surface area contributed by atoms with Crippen LogP contribution >= 0.6 is 11.8 Å². The maximum Gasteiger partial charge on any atom is 0.237 e. The van der Waals surface area contributed by atoms with E-state index in [2.05, 4.69) is 35.6 Å². The van der Waals surface area contributed by atoms with Crippen molar-refractivity contribution >= 4 is 39.8 Å². The van der Waals surface area contributed by atoms with Crippen LogP contribution in [0.1, 0.15) is 6.92 Å². The van der Waals surface area contributed by atoms with E-state index < -0.39 is 0 Å². The number of nitrogens with one attached hydrogen (secondary N) is 1. The first-order valence-corrected chi connectivity index (χ1v) is 9.14. The summed E-state index contributed by atoms with van der Waals surface area (Å²) in [5.41, 5.74) is 1.93. The molecule has 0 aromatic heterocycles. The predicted octanol–water partition coefficient (Wildman–Crippen LogP) is 5.03. The van der Waals surface area contributed by atoms with Crippen molar-refractivity contribution in [1.82, 2.24) is 0 Å². The number of fused-ring (bicyclic) bond motifs is 1. The summed E-state index contributed by atoms with van der Waals surface area (Å²) < 4.78 is 0. The van der Waals surface area contributed by atoms with Crippen LogP contribution in [0.4, 0.5) is 11.4 Å². The van der Waals surface area contributed by atoms with Gasteiger partial charge in [-0.3, -0.25) is 4.79 Å². The fourth-order valence-corrected chi connectivity index (χ4v) is 3.50. The van der Waals surface area contributed by atoms with E-state index in [1.807, 2.05) is 62.3 Å². The molecule has 3 nitrogen and oxygen atoms in total. The fraction of sp³-hybridized carbons (Fsp3) is 0.190. The van der Waals surface area contributed by atoms with Crippen LogP contribution in [0.3, 0.4) is 0 Å². The maximum atomic E-state index is 12.5. The molecule has 0 aliphatic heterocycles. The summed E-state index contributed by atoms with van der Waals surface area (Å²) >= 11 is 1.57. The Hall–Kier alpha value is -2.46. The zero-order valence-corrected chi connectivity index (χ0v) is 15.5. The number of thioether (sulfide) groups is 1. The number of benzene rings is 3. The lowest BCUT2D eigenvalue weighted by molar-refractivity contribution is -0.115. The van der Waals surface area contributed by atoms with Gasteiger partial charge in [0.05, 0.1) is 5.25 Å². The average molecular weight is 350 g/mol. The second kappa shape index (κ2) is 7.62. The van der Waals surface area contributed by atoms with Gasteiger partial charge in [-0.2, -0.15) is 0 Å². The highest BCUT2D eigenvalue weighted by molar-refractivity contribution is 8.00. The van der Waals surface area contributed by atoms with E-state index >= 15 is 0 Å². The maximum absolute atomic E-state index is 12.5. The Morgan fingerprint density at radius 1 is 0.960 bits per heavy atom. The van der Waals surface area contributed by atoms with Gasteiger partial charge in [0, 0.05) is 30.4 Å². The van der Waals surface area contributed by atoms with Crippen molar-refractivity contribution in [2.45, 2.75) is 17.1 Å². The Labute approximate surface area is 153 Å². The minimum absolute atomic E-state index is 0.00996. The smallest absolute Gasteiger partial charge is 0.237 e. The lowest BCUT2D eigenvalue weighted by Gasteiger charge is -2.15. The number of carbonyl (C=O) groups excluding carboxylic acids is 1. The van der Waals surface area contributed by atoms with Crippen molar-refractivity contribution in [2.24, 2.45) is 0 Å². The largest absolute Gasteiger partial charge is 0.378 e. The molecule has 25 heavy (non-hydrogen) atoms. The molecule has 1 unspecified atom stereocenters. The molecule has 128 valence electrons. The van der Waals surface area contributed by atoms with Gasteiger partial charge in [0.1, 0.15) is 0 Å². The third kappa shape index (κ3) is 4.34. The Morgan fingerprint density at radius 2 is 1.64 bits per heavy atom. The van der Waals surface area contributed by atoms with E-state index in [0.717, 1.165) is 16.3 Å². The zero-order valence-electron chi connectivity index (χ0n) is 14.7. The Balaban J connectivity index is 1.65. The lowest BCUT2D eigenvalue weighted by atomic mass is 10.1. The monoisotopic (exact) mass is 350 g/mol. The normalized spacial score (nSPS) is 12.0. The summed E-state index contributed by atoms with van der Waals surface area (Å²) in [7, 11) is 3.99. The van der Waals surface area contributed by atoms with E-state index in [4.69, 9.17) is 0 Å². The Kier molecular flexibility index (Phi) is 5.29. The van der Waals surface area contributed by atoms with Crippen molar-refractivity contribution in [3.8, 4) is 0 Å². The van der Waals surface area contributed by atoms with E-state index in [1.54, 1.807) is 11.8 Å². The van der Waals surface area contributed by atoms with Crippen LogP contribution in [0.25, 0.3) is 10.8 Å². The molecule has 1 amide bonds. The molecule has 0 spiro atoms. The van der Waals surface area contributed by atoms with Gasteiger partial charge in [-0.25, -0.2) is 0 Å². The highest BCUT2D eigenvalue weighted by atomic mass is 32.2. The molecule has 4 heteroatoms. The van der Waals surface area contributed by atoms with E-state index in [1.165, 1.54) is 10.8 Å². The summed E-state index contributed by atoms with van der Waals surface area (Å²) in [6.45, 7) is 1.93. The van der Waals surface area contributed by atoms with Gasteiger partial charge in [0.2, 0.25) is 5.91 Å². The molecular formula is C21H22N2OS. The van der Waals surface area contributed by atoms with Gasteiger partial charge < -0.3 is 10.2 Å². The summed E-state index contributed by atoms with van der Waals surface area (Å²) in [6.07, 6.45) is 0. The van der Waals surface area contributed by atoms with Crippen LogP contribution in [0.2, 0.25) is 0 Å². The van der Waals surface area contributed by atoms with Gasteiger partial charge in [0.25, 0.3) is 0 Å². The van der Waals surface area contributed by atoms with Gasteiger partial charge in [-0.15, -0.1) is 11.8 Å². The molecule has 0 aliphatic rings. The van der Waals surface area contributed by atoms with Crippen molar-refractivity contribution in [2.75, 3.05) is 24.3 Å². The summed E-state index contributed by atoms with van der Waals surface area (Å²) in [5, 5.41) is 5.22. The quantitative estimate of drug-likeness (QED) is 0.655. The van der Waals surface area contributed by atoms with Crippen LogP contribution in [-0.4, -0.2) is 25.3 Å². The van der Waals surface area contributed by atoms with Gasteiger partial charge in [0.15, 0.2) is 0 Å². The second-order valence-electron chi connectivity index (χ2n) is 6.20. The number of hydrogen-bond donors (Lipinski definition) is 1. The average Bonchev–Trinajstić information content (AvgIpc) is 2.62. The minimum Gasteiger partial charge on any atom is -0.378 e. The van der Waals surface area contributed by atoms with Crippen LogP contribution in [0, 0.1) is 0 Å². The number of nitrogens with zero attached hydrogens (tertiary/aromatic N) is 1. The molecular weight excluding hydrogens is 328 g/mol. The number of anilines is 2. The molecule has 3 aromatic carbocycles. The molecule has 3 rings (SSSR count). The van der Waals surface area contributed by atoms with E-state index in [-0.39, 0.29) is 11.2 Å². The van der Waals surface area contributed by atoms with Crippen LogP contribution in [-0.2, 0) is 4.79 Å². The molecule has 0 bridgehead atoms. The first-order valence-electron chi connectivity index (χ1n) is 8.26. The first kappa shape index (κ1) is 17.4. The molecule has 3 aromatic rings. The first-order chi connectivity index (χ1) is 12.0. The highest BCUT2D eigenvalue weighted by Crippen LogP contribution is 2.27. The molecule has 1 atom stereocenters. The molecule has 0 aliphatic carbocycles. The second-order valence-corrected chi connectivity index (χ2v) is 7.61.